The van der Waals surface area contributed by atoms with Crippen molar-refractivity contribution < 1.29 is 58.9 Å². The quantitative estimate of drug-likeness (QED) is 0.217. The maximum atomic E-state index is 2.58. The van der Waals surface area contributed by atoms with Gasteiger partial charge in [-0.25, -0.2) is 17.2 Å². The van der Waals surface area contributed by atoms with Crippen LogP contribution in [0.4, 0.5) is 0 Å². The van der Waals surface area contributed by atoms with Crippen LogP contribution >= 0.6 is 0 Å². The van der Waals surface area contributed by atoms with Crippen LogP contribution in [-0.4, -0.2) is 9.52 Å². The van der Waals surface area contributed by atoms with Gasteiger partial charge in [-0.05, 0) is 39.7 Å². The Morgan fingerprint density at radius 3 is 2.54 bits per heavy atom. The van der Waals surface area contributed by atoms with E-state index in [1.165, 1.54) is 44.9 Å². The van der Waals surface area contributed by atoms with Gasteiger partial charge < -0.3 is 37.2 Å². The molecule has 144 valence electrons. The molecule has 0 N–H and O–H groups in total. The molecule has 0 aromatic carbocycles. The molecule has 3 aliphatic carbocycles. The van der Waals surface area contributed by atoms with E-state index in [-0.39, 0.29) is 68.5 Å². The Labute approximate surface area is 196 Å². The maximum absolute atomic E-state index is 2.58. The minimum Gasteiger partial charge on any atom is -1.00 e. The number of unbranched alkanes of at least 4 members (excludes halogenated alkanes) is 2. The van der Waals surface area contributed by atoms with Crippen molar-refractivity contribution in [1.29, 1.82) is 0 Å². The summed E-state index contributed by atoms with van der Waals surface area (Å²) in [5.41, 5.74) is 3.66. The zero-order valence-corrected chi connectivity index (χ0v) is 21.2. The van der Waals surface area contributed by atoms with Crippen LogP contribution in [0.3, 0.4) is 0 Å². The fourth-order valence-electron chi connectivity index (χ4n) is 4.62. The summed E-state index contributed by atoms with van der Waals surface area (Å²) in [6.45, 7) is 4.81. The summed E-state index contributed by atoms with van der Waals surface area (Å²) < 4.78 is 0. The van der Waals surface area contributed by atoms with Gasteiger partial charge >= 0.3 is 21.7 Å². The first-order valence-electron chi connectivity index (χ1n) is 9.31. The third kappa shape index (κ3) is 6.91. The predicted molar refractivity (Wildman–Crippen MR) is 101 cm³/mol. The van der Waals surface area contributed by atoms with Gasteiger partial charge in [-0.1, -0.05) is 69.8 Å². The van der Waals surface area contributed by atoms with Crippen molar-refractivity contribution in [1.82, 2.24) is 0 Å². The molecule has 0 amide bonds. The van der Waals surface area contributed by atoms with Crippen molar-refractivity contribution in [2.24, 2.45) is 11.8 Å². The van der Waals surface area contributed by atoms with Crippen LogP contribution in [0.2, 0.25) is 5.04 Å². The first kappa shape index (κ1) is 28.8. The Morgan fingerprint density at radius 2 is 1.88 bits per heavy atom. The molecule has 0 radical (unpaired) electrons. The molecule has 3 unspecified atom stereocenters. The monoisotopic (exact) mass is 464 g/mol. The Kier molecular flexibility index (Phi) is 15.2. The molecule has 26 heavy (non-hydrogen) atoms. The van der Waals surface area contributed by atoms with Crippen molar-refractivity contribution in [2.75, 3.05) is 0 Å². The van der Waals surface area contributed by atoms with Gasteiger partial charge in [0.1, 0.15) is 0 Å². The molecule has 0 saturated heterocycles. The van der Waals surface area contributed by atoms with Crippen molar-refractivity contribution in [3.8, 4) is 0 Å². The molecule has 0 spiro atoms. The van der Waals surface area contributed by atoms with Gasteiger partial charge in [-0.3, -0.25) is 0 Å². The van der Waals surface area contributed by atoms with Gasteiger partial charge in [0.25, 0.3) is 0 Å². The van der Waals surface area contributed by atoms with E-state index in [2.05, 4.69) is 56.4 Å². The molecule has 0 aromatic heterocycles. The topological polar surface area (TPSA) is 0 Å². The van der Waals surface area contributed by atoms with E-state index in [9.17, 15) is 0 Å². The second-order valence-electron chi connectivity index (χ2n) is 7.63. The third-order valence-electron chi connectivity index (χ3n) is 5.92. The van der Waals surface area contributed by atoms with Crippen molar-refractivity contribution >= 4 is 9.52 Å². The fourth-order valence-corrected chi connectivity index (χ4v) is 7.50. The minimum absolute atomic E-state index is 0. The van der Waals surface area contributed by atoms with Gasteiger partial charge in [0.2, 0.25) is 0 Å². The van der Waals surface area contributed by atoms with Crippen LogP contribution in [0.5, 0.6) is 0 Å². The van der Waals surface area contributed by atoms with Crippen LogP contribution in [0, 0.1) is 17.4 Å². The van der Waals surface area contributed by atoms with Gasteiger partial charge in [0.05, 0.1) is 0 Å². The Bertz CT molecular complexity index is 515. The average molecular weight is 466 g/mol. The van der Waals surface area contributed by atoms with Gasteiger partial charge in [0.15, 0.2) is 0 Å². The van der Waals surface area contributed by atoms with Crippen LogP contribution in [0.1, 0.15) is 58.8 Å². The van der Waals surface area contributed by atoms with E-state index in [0.717, 1.165) is 11.8 Å². The zero-order chi connectivity index (χ0) is 15.4. The summed E-state index contributed by atoms with van der Waals surface area (Å²) in [4.78, 5) is 0. The fraction of sp³-hybridized carbons (Fsp3) is 0.571. The molecular formula is C21H31Cl3SiTi. The second kappa shape index (κ2) is 13.7. The van der Waals surface area contributed by atoms with Gasteiger partial charge in [-0.15, -0.1) is 12.2 Å². The molecule has 1 fully saturated rings. The number of hydrogen-bond acceptors (Lipinski definition) is 0. The van der Waals surface area contributed by atoms with E-state index in [1.54, 1.807) is 5.57 Å². The van der Waals surface area contributed by atoms with Crippen LogP contribution in [0.15, 0.2) is 48.1 Å². The Morgan fingerprint density at radius 1 is 1.12 bits per heavy atom. The van der Waals surface area contributed by atoms with Crippen molar-refractivity contribution in [2.45, 2.75) is 63.8 Å². The molecule has 0 bridgehead atoms. The summed E-state index contributed by atoms with van der Waals surface area (Å²) in [5, 5.41) is 0.532. The van der Waals surface area contributed by atoms with Gasteiger partial charge in [-0.2, -0.15) is 0 Å². The first-order chi connectivity index (χ1) is 10.7. The van der Waals surface area contributed by atoms with E-state index in [0.29, 0.717) is 5.04 Å². The first-order valence-corrected chi connectivity index (χ1v) is 10.7. The summed E-state index contributed by atoms with van der Waals surface area (Å²) in [5.74, 6) is 1.68. The molecule has 0 nitrogen and oxygen atoms in total. The molecule has 0 aliphatic heterocycles. The van der Waals surface area contributed by atoms with E-state index >= 15 is 0 Å². The minimum atomic E-state index is -0.230. The largest absolute Gasteiger partial charge is 4.00 e. The molecule has 0 heterocycles. The molecule has 0 aromatic rings. The molecular weight excluding hydrogens is 435 g/mol. The molecule has 3 aliphatic rings. The number of hydrogen-bond donors (Lipinski definition) is 0. The van der Waals surface area contributed by atoms with Crippen LogP contribution in [0.25, 0.3) is 0 Å². The van der Waals surface area contributed by atoms with Crippen molar-refractivity contribution in [3.63, 3.8) is 0 Å². The molecule has 5 heteroatoms. The average Bonchev–Trinajstić information content (AvgIpc) is 2.85. The van der Waals surface area contributed by atoms with Crippen molar-refractivity contribution in [3.05, 3.63) is 53.6 Å². The summed E-state index contributed by atoms with van der Waals surface area (Å²) in [6, 6.07) is 0. The number of halogens is 3. The van der Waals surface area contributed by atoms with Crippen LogP contribution < -0.4 is 37.2 Å². The summed E-state index contributed by atoms with van der Waals surface area (Å²) in [7, 11) is -0.230. The Balaban J connectivity index is 0. The normalized spacial score (nSPS) is 28.5. The van der Waals surface area contributed by atoms with E-state index < -0.39 is 0 Å². The van der Waals surface area contributed by atoms with Gasteiger partial charge in [0, 0.05) is 0 Å². The number of allylic oxidation sites excluding steroid dienone is 8. The van der Waals surface area contributed by atoms with E-state index in [1.807, 2.05) is 5.54 Å². The maximum Gasteiger partial charge on any atom is 4.00 e. The molecule has 1 saturated carbocycles. The molecule has 3 rings (SSSR count). The predicted octanol–water partition coefficient (Wildman–Crippen LogP) is -3.51. The van der Waals surface area contributed by atoms with Crippen LogP contribution in [-0.2, 0) is 21.7 Å². The SMILES string of the molecule is CCCCCC1([SiH2][C-]2C3=CC=CCC3CC2C)C=CC=CC1.[Cl-].[Cl-].[Cl-].[Ti+4]. The van der Waals surface area contributed by atoms with E-state index in [4.69, 9.17) is 0 Å². The second-order valence-corrected chi connectivity index (χ2v) is 10.2. The number of fused-ring (bicyclic) bond motifs is 1. The zero-order valence-electron chi connectivity index (χ0n) is 16.0. The molecule has 3 atom stereocenters. The Hall–Kier alpha value is 0.631. The smallest absolute Gasteiger partial charge is 1.00 e. The number of rotatable bonds is 6. The standard InChI is InChI=1S/C21H31Si.3ClH.Ti/c1-3-4-8-13-21(14-9-5-10-15-21)22-20-17(2)16-18-11-6-7-12-19(18)20;;;;/h5-7,9-10,12,14,17-18H,3-4,8,11,13,15-16,22H2,1-2H3;3*1H;/q-1;;;;+4/p-3. The summed E-state index contributed by atoms with van der Waals surface area (Å²) in [6.07, 6.45) is 26.2. The third-order valence-corrected chi connectivity index (χ3v) is 8.99. The summed E-state index contributed by atoms with van der Waals surface area (Å²) >= 11 is 0.